The predicted molar refractivity (Wildman–Crippen MR) is 94.7 cm³/mol. The van der Waals surface area contributed by atoms with Gasteiger partial charge in [0.15, 0.2) is 0 Å². The summed E-state index contributed by atoms with van der Waals surface area (Å²) in [7, 11) is 0. The van der Waals surface area contributed by atoms with Gasteiger partial charge in [-0.05, 0) is 30.5 Å². The minimum Gasteiger partial charge on any atom is -0.508 e. The first-order valence-corrected chi connectivity index (χ1v) is 7.94. The molecule has 0 saturated carbocycles. The van der Waals surface area contributed by atoms with Crippen LogP contribution in [0, 0.1) is 0 Å². The quantitative estimate of drug-likeness (QED) is 0.733. The monoisotopic (exact) mass is 328 g/mol. The van der Waals surface area contributed by atoms with E-state index in [4.69, 9.17) is 0 Å². The molecule has 2 aromatic rings. The van der Waals surface area contributed by atoms with E-state index in [1.807, 2.05) is 12.3 Å². The van der Waals surface area contributed by atoms with Crippen LogP contribution in [0.2, 0.25) is 0 Å². The van der Waals surface area contributed by atoms with Crippen molar-refractivity contribution < 1.29 is 15.3 Å². The van der Waals surface area contributed by atoms with Crippen LogP contribution in [0.15, 0.2) is 63.7 Å². The van der Waals surface area contributed by atoms with E-state index in [0.717, 1.165) is 0 Å². The SMILES string of the molecule is CSC(=C/N=Cc1ccc(O)cc1O)/N=C/c1ccccc1O. The molecule has 2 aromatic carbocycles. The largest absolute Gasteiger partial charge is 0.508 e. The molecule has 2 rings (SSSR count). The Bertz CT molecular complexity index is 770. The van der Waals surface area contributed by atoms with Crippen molar-refractivity contribution in [1.82, 2.24) is 0 Å². The highest BCUT2D eigenvalue weighted by Crippen LogP contribution is 2.21. The molecule has 0 amide bonds. The lowest BCUT2D eigenvalue weighted by Crippen LogP contribution is -1.83. The summed E-state index contributed by atoms with van der Waals surface area (Å²) in [5, 5.41) is 29.2. The number of aromatic hydroxyl groups is 3. The summed E-state index contributed by atoms with van der Waals surface area (Å²) < 4.78 is 0. The average Bonchev–Trinajstić information content (AvgIpc) is 2.54. The Morgan fingerprint density at radius 2 is 1.70 bits per heavy atom. The minimum atomic E-state index is -0.0504. The molecule has 0 aliphatic rings. The number of phenols is 3. The molecule has 0 aromatic heterocycles. The molecular weight excluding hydrogens is 312 g/mol. The lowest BCUT2D eigenvalue weighted by Gasteiger charge is -1.99. The minimum absolute atomic E-state index is 0.00716. The molecule has 0 unspecified atom stereocenters. The number of hydrogen-bond acceptors (Lipinski definition) is 6. The number of hydrogen-bond donors (Lipinski definition) is 3. The van der Waals surface area contributed by atoms with Gasteiger partial charge in [-0.2, -0.15) is 0 Å². The maximum Gasteiger partial charge on any atom is 0.128 e. The van der Waals surface area contributed by atoms with E-state index >= 15 is 0 Å². The van der Waals surface area contributed by atoms with Crippen molar-refractivity contribution in [2.75, 3.05) is 6.26 Å². The fourth-order valence-corrected chi connectivity index (χ4v) is 2.02. The Kier molecular flexibility index (Phi) is 5.82. The third kappa shape index (κ3) is 4.89. The smallest absolute Gasteiger partial charge is 0.128 e. The Morgan fingerprint density at radius 1 is 0.957 bits per heavy atom. The molecule has 0 radical (unpaired) electrons. The molecule has 0 heterocycles. The van der Waals surface area contributed by atoms with Crippen molar-refractivity contribution in [3.8, 4) is 17.2 Å². The van der Waals surface area contributed by atoms with Crippen LogP contribution in [0.4, 0.5) is 0 Å². The van der Waals surface area contributed by atoms with Gasteiger partial charge >= 0.3 is 0 Å². The molecular formula is C17H16N2O3S. The average molecular weight is 328 g/mol. The normalized spacial score (nSPS) is 12.3. The molecule has 0 bridgehead atoms. The van der Waals surface area contributed by atoms with Crippen LogP contribution < -0.4 is 0 Å². The first kappa shape index (κ1) is 16.6. The van der Waals surface area contributed by atoms with Crippen molar-refractivity contribution in [3.05, 3.63) is 64.8 Å². The maximum atomic E-state index is 9.68. The van der Waals surface area contributed by atoms with Gasteiger partial charge < -0.3 is 15.3 Å². The van der Waals surface area contributed by atoms with Crippen LogP contribution in [0.5, 0.6) is 17.2 Å². The summed E-state index contributed by atoms with van der Waals surface area (Å²) in [5.74, 6) is 0.104. The van der Waals surface area contributed by atoms with Crippen LogP contribution >= 0.6 is 11.8 Å². The van der Waals surface area contributed by atoms with E-state index in [-0.39, 0.29) is 17.2 Å². The summed E-state index contributed by atoms with van der Waals surface area (Å²) in [4.78, 5) is 8.38. The van der Waals surface area contributed by atoms with Crippen LogP contribution in [0.25, 0.3) is 0 Å². The number of phenolic OH excluding ortho intramolecular Hbond substituents is 3. The zero-order valence-corrected chi connectivity index (χ0v) is 13.2. The Balaban J connectivity index is 2.12. The molecule has 23 heavy (non-hydrogen) atoms. The van der Waals surface area contributed by atoms with Gasteiger partial charge in [0.2, 0.25) is 0 Å². The zero-order chi connectivity index (χ0) is 16.7. The molecule has 118 valence electrons. The van der Waals surface area contributed by atoms with E-state index in [2.05, 4.69) is 9.98 Å². The molecule has 0 aliphatic carbocycles. The number of rotatable bonds is 5. The highest BCUT2D eigenvalue weighted by molar-refractivity contribution is 8.02. The molecule has 0 saturated heterocycles. The van der Waals surface area contributed by atoms with Crippen LogP contribution in [-0.4, -0.2) is 34.0 Å². The van der Waals surface area contributed by atoms with E-state index in [0.29, 0.717) is 16.2 Å². The predicted octanol–water partition coefficient (Wildman–Crippen LogP) is 3.50. The standard InChI is InChI=1S/C17H16N2O3S/c1-23-17(19-10-12-4-2-3-5-15(12)21)11-18-9-13-6-7-14(20)8-16(13)22/h2-11,20-22H,1H3/b17-11+,18-9?,19-10+. The van der Waals surface area contributed by atoms with E-state index in [9.17, 15) is 15.3 Å². The fraction of sp³-hybridized carbons (Fsp3) is 0.0588. The van der Waals surface area contributed by atoms with Gasteiger partial charge in [-0.25, -0.2) is 4.99 Å². The molecule has 3 N–H and O–H groups in total. The van der Waals surface area contributed by atoms with Crippen LogP contribution in [-0.2, 0) is 0 Å². The summed E-state index contributed by atoms with van der Waals surface area (Å²) >= 11 is 1.40. The van der Waals surface area contributed by atoms with Gasteiger partial charge in [0.1, 0.15) is 22.3 Å². The molecule has 0 atom stereocenters. The van der Waals surface area contributed by atoms with Gasteiger partial charge in [0, 0.05) is 29.6 Å². The first-order chi connectivity index (χ1) is 11.1. The van der Waals surface area contributed by atoms with E-state index in [1.165, 1.54) is 30.1 Å². The van der Waals surface area contributed by atoms with Crippen LogP contribution in [0.1, 0.15) is 11.1 Å². The van der Waals surface area contributed by atoms with Gasteiger partial charge in [-0.15, -0.1) is 11.8 Å². The summed E-state index contributed by atoms with van der Waals surface area (Å²) in [6.45, 7) is 0. The highest BCUT2D eigenvalue weighted by Gasteiger charge is 1.99. The number of para-hydroxylation sites is 1. The second-order valence-electron chi connectivity index (χ2n) is 4.51. The number of benzene rings is 2. The third-order valence-electron chi connectivity index (χ3n) is 2.89. The van der Waals surface area contributed by atoms with E-state index in [1.54, 1.807) is 36.7 Å². The summed E-state index contributed by atoms with van der Waals surface area (Å²) in [6, 6.07) is 11.2. The number of nitrogens with zero attached hydrogens (tertiary/aromatic N) is 2. The second kappa shape index (κ2) is 8.05. The van der Waals surface area contributed by atoms with Crippen molar-refractivity contribution in [2.24, 2.45) is 9.98 Å². The van der Waals surface area contributed by atoms with Gasteiger partial charge in [0.05, 0.1) is 6.20 Å². The molecule has 0 fully saturated rings. The van der Waals surface area contributed by atoms with Gasteiger partial charge in [-0.1, -0.05) is 12.1 Å². The Hall–Kier alpha value is -2.73. The molecule has 5 nitrogen and oxygen atoms in total. The maximum absolute atomic E-state index is 9.68. The fourth-order valence-electron chi connectivity index (χ4n) is 1.69. The van der Waals surface area contributed by atoms with Gasteiger partial charge in [-0.3, -0.25) is 4.99 Å². The summed E-state index contributed by atoms with van der Waals surface area (Å²) in [6.07, 6.45) is 6.45. The van der Waals surface area contributed by atoms with Crippen molar-refractivity contribution in [2.45, 2.75) is 0 Å². The lowest BCUT2D eigenvalue weighted by atomic mass is 10.2. The molecule has 6 heteroatoms. The number of thioether (sulfide) groups is 1. The topological polar surface area (TPSA) is 85.4 Å². The van der Waals surface area contributed by atoms with Crippen molar-refractivity contribution >= 4 is 24.2 Å². The lowest BCUT2D eigenvalue weighted by molar-refractivity contribution is 0.450. The second-order valence-corrected chi connectivity index (χ2v) is 5.34. The first-order valence-electron chi connectivity index (χ1n) is 6.71. The van der Waals surface area contributed by atoms with Crippen molar-refractivity contribution in [3.63, 3.8) is 0 Å². The third-order valence-corrected chi connectivity index (χ3v) is 3.52. The van der Waals surface area contributed by atoms with Gasteiger partial charge in [0.25, 0.3) is 0 Å². The highest BCUT2D eigenvalue weighted by atomic mass is 32.2. The zero-order valence-electron chi connectivity index (χ0n) is 12.4. The Labute approximate surface area is 138 Å². The van der Waals surface area contributed by atoms with Crippen molar-refractivity contribution in [1.29, 1.82) is 0 Å². The van der Waals surface area contributed by atoms with Crippen LogP contribution in [0.3, 0.4) is 0 Å². The Morgan fingerprint density at radius 3 is 2.39 bits per heavy atom. The summed E-state index contributed by atoms with van der Waals surface area (Å²) in [5.41, 5.74) is 1.11. The van der Waals surface area contributed by atoms with E-state index < -0.39 is 0 Å². The number of aliphatic imine (C=N–C) groups is 2. The molecule has 0 aliphatic heterocycles. The molecule has 0 spiro atoms.